The summed E-state index contributed by atoms with van der Waals surface area (Å²) < 4.78 is 53.3. The summed E-state index contributed by atoms with van der Waals surface area (Å²) in [6.45, 7) is 2.25. The minimum absolute atomic E-state index is 0.0911. The van der Waals surface area contributed by atoms with E-state index in [-0.39, 0.29) is 29.6 Å². The molecule has 1 atom stereocenters. The highest BCUT2D eigenvalue weighted by Crippen LogP contribution is 2.41. The van der Waals surface area contributed by atoms with Crippen LogP contribution in [0.3, 0.4) is 0 Å². The Morgan fingerprint density at radius 3 is 2.39 bits per heavy atom. The Morgan fingerprint density at radius 1 is 0.959 bits per heavy atom. The average molecular weight is 690 g/mol. The Kier molecular flexibility index (Phi) is 9.37. The second-order valence-electron chi connectivity index (χ2n) is 12.7. The van der Waals surface area contributed by atoms with Crippen molar-refractivity contribution in [3.8, 4) is 39.5 Å². The van der Waals surface area contributed by atoms with Crippen molar-refractivity contribution in [2.75, 3.05) is 19.6 Å². The predicted octanol–water partition coefficient (Wildman–Crippen LogP) is 9.18. The van der Waals surface area contributed by atoms with Gasteiger partial charge in [0.1, 0.15) is 23.1 Å². The lowest BCUT2D eigenvalue weighted by atomic mass is 9.93. The van der Waals surface area contributed by atoms with E-state index >= 15 is 4.39 Å². The molecular formula is C38H35ClF3N3O4. The van der Waals surface area contributed by atoms with Crippen LogP contribution < -0.4 is 4.74 Å². The lowest BCUT2D eigenvalue weighted by Gasteiger charge is -2.22. The van der Waals surface area contributed by atoms with Gasteiger partial charge in [0.25, 0.3) is 0 Å². The second kappa shape index (κ2) is 13.9. The van der Waals surface area contributed by atoms with Gasteiger partial charge in [-0.2, -0.15) is 8.78 Å². The minimum atomic E-state index is -3.08. The Hall–Kier alpha value is -4.38. The normalized spacial score (nSPS) is 17.1. The fourth-order valence-electron chi connectivity index (χ4n) is 7.14. The number of halogens is 4. The number of carboxylic acid groups (broad SMARTS) is 1. The summed E-state index contributed by atoms with van der Waals surface area (Å²) in [6.07, 6.45) is 3.52. The molecule has 5 aromatic rings. The van der Waals surface area contributed by atoms with Gasteiger partial charge in [0, 0.05) is 47.0 Å². The molecule has 2 saturated heterocycles. The number of carboxylic acids is 1. The second-order valence-corrected chi connectivity index (χ2v) is 13.1. The molecule has 0 amide bonds. The monoisotopic (exact) mass is 689 g/mol. The highest BCUT2D eigenvalue weighted by atomic mass is 35.5. The maximum atomic E-state index is 15.5. The number of aliphatic carboxylic acids is 1. The van der Waals surface area contributed by atoms with Crippen molar-refractivity contribution in [3.05, 3.63) is 94.3 Å². The highest BCUT2D eigenvalue weighted by molar-refractivity contribution is 6.36. The number of hydrogen-bond acceptors (Lipinski definition) is 6. The summed E-state index contributed by atoms with van der Waals surface area (Å²) in [5, 5.41) is 10.0. The predicted molar refractivity (Wildman–Crippen MR) is 182 cm³/mol. The Bertz CT molecular complexity index is 2030. The number of carbonyl (C=O) groups is 1. The maximum Gasteiger partial charge on any atom is 0.387 e. The molecule has 1 aromatic heterocycles. The average Bonchev–Trinajstić information content (AvgIpc) is 3.84. The number of nitrogens with zero attached hydrogens (tertiary/aromatic N) is 3. The number of aromatic nitrogens is 1. The van der Waals surface area contributed by atoms with Gasteiger partial charge in [-0.1, -0.05) is 54.1 Å². The van der Waals surface area contributed by atoms with Crippen molar-refractivity contribution in [1.82, 2.24) is 14.8 Å². The van der Waals surface area contributed by atoms with Crippen molar-refractivity contribution in [1.29, 1.82) is 0 Å². The van der Waals surface area contributed by atoms with Gasteiger partial charge in [0.05, 0.1) is 5.02 Å². The zero-order valence-corrected chi connectivity index (χ0v) is 27.7. The molecule has 1 N–H and O–H groups in total. The van der Waals surface area contributed by atoms with Crippen LogP contribution in [0, 0.1) is 12.7 Å². The van der Waals surface area contributed by atoms with E-state index in [1.165, 1.54) is 18.9 Å². The van der Waals surface area contributed by atoms with Gasteiger partial charge in [-0.3, -0.25) is 14.6 Å². The minimum Gasteiger partial charge on any atom is -0.480 e. The summed E-state index contributed by atoms with van der Waals surface area (Å²) >= 11 is 7.01. The summed E-state index contributed by atoms with van der Waals surface area (Å²) in [5.41, 5.74) is 5.98. The highest BCUT2D eigenvalue weighted by Gasteiger charge is 2.31. The van der Waals surface area contributed by atoms with Crippen LogP contribution in [0.5, 0.6) is 5.75 Å². The number of alkyl halides is 2. The zero-order valence-electron chi connectivity index (χ0n) is 26.9. The number of fused-ring (bicyclic) bond motifs is 1. The van der Waals surface area contributed by atoms with E-state index < -0.39 is 18.6 Å². The Labute approximate surface area is 286 Å². The van der Waals surface area contributed by atoms with Crippen LogP contribution in [-0.2, 0) is 17.9 Å². The molecule has 49 heavy (non-hydrogen) atoms. The third kappa shape index (κ3) is 6.77. The number of hydrogen-bond donors (Lipinski definition) is 1. The van der Waals surface area contributed by atoms with Gasteiger partial charge in [-0.05, 0) is 87.1 Å². The van der Waals surface area contributed by atoms with E-state index in [2.05, 4.69) is 4.90 Å². The van der Waals surface area contributed by atoms with Crippen LogP contribution in [0.25, 0.3) is 44.8 Å². The quantitative estimate of drug-likeness (QED) is 0.157. The SMILES string of the molecule is Cc1c(-c2nc3cc(CN4CCCC4C(=O)O)c(OC(F)F)cc3o2)cccc1-c1cccc(-c2ccc(CN3CCCC3)cc2F)c1Cl. The molecule has 0 aliphatic carbocycles. The summed E-state index contributed by atoms with van der Waals surface area (Å²) in [6, 6.07) is 18.8. The number of likely N-dealkylation sites (tertiary alicyclic amines) is 2. The van der Waals surface area contributed by atoms with Crippen LogP contribution in [0.2, 0.25) is 5.02 Å². The molecule has 1 unspecified atom stereocenters. The summed E-state index contributed by atoms with van der Waals surface area (Å²) in [4.78, 5) is 20.5. The Morgan fingerprint density at radius 2 is 1.67 bits per heavy atom. The zero-order chi connectivity index (χ0) is 34.2. The van der Waals surface area contributed by atoms with Crippen LogP contribution >= 0.6 is 11.6 Å². The molecule has 0 spiro atoms. The first-order chi connectivity index (χ1) is 23.7. The fraction of sp³-hybridized carbons (Fsp3) is 0.316. The Balaban J connectivity index is 1.21. The molecule has 0 saturated carbocycles. The molecule has 7 nitrogen and oxygen atoms in total. The van der Waals surface area contributed by atoms with Gasteiger partial charge in [-0.25, -0.2) is 9.37 Å². The van der Waals surface area contributed by atoms with Crippen molar-refractivity contribution >= 4 is 28.7 Å². The molecule has 3 heterocycles. The molecule has 0 radical (unpaired) electrons. The van der Waals surface area contributed by atoms with E-state index in [1.807, 2.05) is 49.4 Å². The standard InChI is InChI=1S/C38H35ClF3N3O4/c1-22-25(28-9-5-10-29(35(28)39)27-13-12-23(17-30(27)40)20-44-14-2-3-15-44)7-4-8-26(22)36-43-31-18-24(21-45-16-6-11-32(45)37(46)47)33(49-38(41)42)19-34(31)48-36/h4-5,7-10,12-13,17-19,32,38H,2-3,6,11,14-16,20-21H2,1H3,(H,46,47). The van der Waals surface area contributed by atoms with Crippen molar-refractivity contribution in [2.45, 2.75) is 58.3 Å². The smallest absolute Gasteiger partial charge is 0.387 e. The third-order valence-corrected chi connectivity index (χ3v) is 10.00. The largest absolute Gasteiger partial charge is 0.480 e. The lowest BCUT2D eigenvalue weighted by Crippen LogP contribution is -2.35. The topological polar surface area (TPSA) is 79.0 Å². The van der Waals surface area contributed by atoms with Gasteiger partial charge >= 0.3 is 12.6 Å². The fourth-order valence-corrected chi connectivity index (χ4v) is 7.47. The van der Waals surface area contributed by atoms with Crippen molar-refractivity contribution < 1.29 is 32.2 Å². The third-order valence-electron chi connectivity index (χ3n) is 9.59. The number of oxazole rings is 1. The van der Waals surface area contributed by atoms with E-state index in [9.17, 15) is 18.7 Å². The van der Waals surface area contributed by atoms with Crippen LogP contribution in [-0.4, -0.2) is 58.1 Å². The number of rotatable bonds is 10. The van der Waals surface area contributed by atoms with Gasteiger partial charge in [0.15, 0.2) is 5.58 Å². The van der Waals surface area contributed by atoms with E-state index in [4.69, 9.17) is 25.7 Å². The molecule has 2 fully saturated rings. The molecule has 2 aliphatic heterocycles. The number of benzene rings is 4. The van der Waals surface area contributed by atoms with E-state index in [0.29, 0.717) is 57.7 Å². The van der Waals surface area contributed by atoms with Crippen molar-refractivity contribution in [3.63, 3.8) is 0 Å². The summed E-state index contributed by atoms with van der Waals surface area (Å²) in [5.74, 6) is -1.10. The van der Waals surface area contributed by atoms with Gasteiger partial charge < -0.3 is 14.3 Å². The van der Waals surface area contributed by atoms with Crippen LogP contribution in [0.4, 0.5) is 13.2 Å². The first-order valence-corrected chi connectivity index (χ1v) is 16.8. The molecule has 2 aliphatic rings. The molecular weight excluding hydrogens is 655 g/mol. The molecule has 11 heteroatoms. The molecule has 7 rings (SSSR count). The molecule has 254 valence electrons. The van der Waals surface area contributed by atoms with E-state index in [0.717, 1.165) is 36.3 Å². The van der Waals surface area contributed by atoms with Gasteiger partial charge in [0.2, 0.25) is 5.89 Å². The molecule has 4 aromatic carbocycles. The van der Waals surface area contributed by atoms with Crippen LogP contribution in [0.15, 0.2) is 71.1 Å². The first-order valence-electron chi connectivity index (χ1n) is 16.4. The maximum absolute atomic E-state index is 15.5. The number of ether oxygens (including phenoxy) is 1. The van der Waals surface area contributed by atoms with Gasteiger partial charge in [-0.15, -0.1) is 0 Å². The first kappa shape index (κ1) is 33.1. The molecule has 0 bridgehead atoms. The van der Waals surface area contributed by atoms with E-state index in [1.54, 1.807) is 23.1 Å². The lowest BCUT2D eigenvalue weighted by molar-refractivity contribution is -0.142. The van der Waals surface area contributed by atoms with Crippen molar-refractivity contribution in [2.24, 2.45) is 0 Å². The van der Waals surface area contributed by atoms with Crippen LogP contribution in [0.1, 0.15) is 42.4 Å². The summed E-state index contributed by atoms with van der Waals surface area (Å²) in [7, 11) is 0.